The lowest BCUT2D eigenvalue weighted by atomic mass is 10.3. The van der Waals surface area contributed by atoms with Gasteiger partial charge in [-0.25, -0.2) is 13.8 Å². The summed E-state index contributed by atoms with van der Waals surface area (Å²) in [4.78, 5) is 29.6. The lowest BCUT2D eigenvalue weighted by Gasteiger charge is -2.12. The average Bonchev–Trinajstić information content (AvgIpc) is 3.19. The minimum Gasteiger partial charge on any atom is -0.325 e. The summed E-state index contributed by atoms with van der Waals surface area (Å²) in [5.74, 6) is -2.68. The molecule has 1 amide bonds. The van der Waals surface area contributed by atoms with E-state index in [-0.39, 0.29) is 27.8 Å². The van der Waals surface area contributed by atoms with Crippen molar-refractivity contribution in [3.8, 4) is 5.69 Å². The van der Waals surface area contributed by atoms with Crippen LogP contribution in [0.4, 0.5) is 14.5 Å². The number of carbonyl (C=O) groups excluding carboxylic acids is 1. The van der Waals surface area contributed by atoms with Gasteiger partial charge in [0.15, 0.2) is 22.4 Å². The van der Waals surface area contributed by atoms with Crippen molar-refractivity contribution in [2.45, 2.75) is 5.16 Å². The highest BCUT2D eigenvalue weighted by molar-refractivity contribution is 7.99. The number of aromatic amines is 1. The number of thioether (sulfide) groups is 1. The predicted octanol–water partition coefficient (Wildman–Crippen LogP) is 3.77. The van der Waals surface area contributed by atoms with Crippen LogP contribution in [0, 0.1) is 11.6 Å². The largest absolute Gasteiger partial charge is 0.325 e. The number of amides is 1. The minimum absolute atomic E-state index is 0.117. The molecule has 0 atom stereocenters. The summed E-state index contributed by atoms with van der Waals surface area (Å²) in [6.07, 6.45) is 1.38. The number of H-pyrrole nitrogens is 1. The second-order valence-electron chi connectivity index (χ2n) is 6.11. The average molecular weight is 448 g/mol. The molecule has 0 unspecified atom stereocenters. The number of benzene rings is 2. The van der Waals surface area contributed by atoms with E-state index in [1.807, 2.05) is 0 Å². The molecule has 30 heavy (non-hydrogen) atoms. The maximum absolute atomic E-state index is 13.3. The second kappa shape index (κ2) is 8.25. The zero-order valence-corrected chi connectivity index (χ0v) is 16.6. The monoisotopic (exact) mass is 447 g/mol. The van der Waals surface area contributed by atoms with Gasteiger partial charge in [-0.05, 0) is 36.4 Å². The standard InChI is InChI=1S/C19H12ClF2N5O2S/c20-10-1-4-12(5-2-10)27-18(29)13-8-23-26-17(13)25-19(27)30-9-16(28)24-11-3-6-14(21)15(22)7-11/h1-8H,9H2,(H,23,26)(H,24,28). The van der Waals surface area contributed by atoms with Crippen molar-refractivity contribution < 1.29 is 13.6 Å². The number of hydrogen-bond donors (Lipinski definition) is 2. The number of nitrogens with zero attached hydrogens (tertiary/aromatic N) is 3. The van der Waals surface area contributed by atoms with Gasteiger partial charge in [-0.2, -0.15) is 5.10 Å². The second-order valence-corrected chi connectivity index (χ2v) is 7.49. The predicted molar refractivity (Wildman–Crippen MR) is 110 cm³/mol. The van der Waals surface area contributed by atoms with Crippen molar-refractivity contribution in [2.75, 3.05) is 11.1 Å². The highest BCUT2D eigenvalue weighted by Crippen LogP contribution is 2.22. The van der Waals surface area contributed by atoms with E-state index in [0.29, 0.717) is 16.1 Å². The quantitative estimate of drug-likeness (QED) is 0.359. The first kappa shape index (κ1) is 20.0. The first-order valence-electron chi connectivity index (χ1n) is 8.52. The number of fused-ring (bicyclic) bond motifs is 1. The van der Waals surface area contributed by atoms with Crippen LogP contribution < -0.4 is 10.9 Å². The van der Waals surface area contributed by atoms with Gasteiger partial charge >= 0.3 is 0 Å². The molecule has 0 spiro atoms. The Labute approximate surface area is 177 Å². The highest BCUT2D eigenvalue weighted by atomic mass is 35.5. The van der Waals surface area contributed by atoms with Gasteiger partial charge in [0.05, 0.1) is 17.6 Å². The van der Waals surface area contributed by atoms with Gasteiger partial charge in [-0.3, -0.25) is 19.3 Å². The third-order valence-electron chi connectivity index (χ3n) is 4.07. The van der Waals surface area contributed by atoms with E-state index in [1.165, 1.54) is 16.8 Å². The van der Waals surface area contributed by atoms with E-state index in [1.54, 1.807) is 24.3 Å². The summed E-state index contributed by atoms with van der Waals surface area (Å²) in [5, 5.41) is 10.0. The molecule has 0 aliphatic rings. The first-order chi connectivity index (χ1) is 14.4. The molecule has 0 saturated carbocycles. The van der Waals surface area contributed by atoms with Crippen LogP contribution in [0.15, 0.2) is 58.6 Å². The summed E-state index contributed by atoms with van der Waals surface area (Å²) < 4.78 is 27.7. The van der Waals surface area contributed by atoms with Crippen molar-refractivity contribution in [1.82, 2.24) is 19.7 Å². The van der Waals surface area contributed by atoms with E-state index in [0.717, 1.165) is 23.9 Å². The Balaban J connectivity index is 1.62. The number of halogens is 3. The van der Waals surface area contributed by atoms with Crippen LogP contribution in [0.1, 0.15) is 0 Å². The molecule has 11 heteroatoms. The molecule has 2 heterocycles. The molecule has 0 aliphatic heterocycles. The molecular weight excluding hydrogens is 436 g/mol. The molecule has 0 radical (unpaired) electrons. The lowest BCUT2D eigenvalue weighted by molar-refractivity contribution is -0.113. The maximum atomic E-state index is 13.3. The molecule has 2 aromatic carbocycles. The van der Waals surface area contributed by atoms with Crippen LogP contribution in [-0.4, -0.2) is 31.4 Å². The van der Waals surface area contributed by atoms with Gasteiger partial charge in [0.25, 0.3) is 5.56 Å². The summed E-state index contributed by atoms with van der Waals surface area (Å²) >= 11 is 6.94. The summed E-state index contributed by atoms with van der Waals surface area (Å²) in [5.41, 5.74) is 0.559. The van der Waals surface area contributed by atoms with Gasteiger partial charge in [0.1, 0.15) is 5.39 Å². The van der Waals surface area contributed by atoms with Crippen LogP contribution >= 0.6 is 23.4 Å². The Hall–Kier alpha value is -3.24. The Morgan fingerprint density at radius 3 is 2.67 bits per heavy atom. The smallest absolute Gasteiger partial charge is 0.269 e. The first-order valence-corrected chi connectivity index (χ1v) is 9.88. The van der Waals surface area contributed by atoms with Crippen LogP contribution in [0.25, 0.3) is 16.7 Å². The molecule has 4 rings (SSSR count). The molecule has 0 bridgehead atoms. The zero-order chi connectivity index (χ0) is 21.3. The molecule has 4 aromatic rings. The molecule has 2 aromatic heterocycles. The van der Waals surface area contributed by atoms with Crippen molar-refractivity contribution in [1.29, 1.82) is 0 Å². The van der Waals surface area contributed by atoms with Crippen molar-refractivity contribution in [2.24, 2.45) is 0 Å². The lowest BCUT2D eigenvalue weighted by Crippen LogP contribution is -2.22. The molecule has 0 aliphatic carbocycles. The number of nitrogens with one attached hydrogen (secondary N) is 2. The van der Waals surface area contributed by atoms with Crippen molar-refractivity contribution in [3.05, 3.63) is 75.7 Å². The summed E-state index contributed by atoms with van der Waals surface area (Å²) in [6, 6.07) is 9.63. The molecular formula is C19H12ClF2N5O2S. The molecule has 152 valence electrons. The van der Waals surface area contributed by atoms with Gasteiger partial charge in [-0.15, -0.1) is 0 Å². The Morgan fingerprint density at radius 1 is 1.17 bits per heavy atom. The number of aromatic nitrogens is 4. The van der Waals surface area contributed by atoms with Gasteiger partial charge < -0.3 is 5.32 Å². The fourth-order valence-corrected chi connectivity index (χ4v) is 3.62. The van der Waals surface area contributed by atoms with E-state index < -0.39 is 17.5 Å². The van der Waals surface area contributed by atoms with Crippen LogP contribution in [0.3, 0.4) is 0 Å². The van der Waals surface area contributed by atoms with Gasteiger partial charge in [-0.1, -0.05) is 23.4 Å². The van der Waals surface area contributed by atoms with E-state index in [2.05, 4.69) is 20.5 Å². The van der Waals surface area contributed by atoms with Crippen LogP contribution in [-0.2, 0) is 4.79 Å². The molecule has 0 saturated heterocycles. The van der Waals surface area contributed by atoms with Gasteiger partial charge in [0, 0.05) is 16.8 Å². The fourth-order valence-electron chi connectivity index (χ4n) is 2.69. The summed E-state index contributed by atoms with van der Waals surface area (Å²) in [6.45, 7) is 0. The number of carbonyl (C=O) groups is 1. The van der Waals surface area contributed by atoms with E-state index in [4.69, 9.17) is 11.6 Å². The number of rotatable bonds is 5. The fraction of sp³-hybridized carbons (Fsp3) is 0.0526. The Morgan fingerprint density at radius 2 is 1.93 bits per heavy atom. The number of hydrogen-bond acceptors (Lipinski definition) is 5. The minimum atomic E-state index is -1.07. The zero-order valence-electron chi connectivity index (χ0n) is 15.0. The Kier molecular flexibility index (Phi) is 5.51. The van der Waals surface area contributed by atoms with Crippen molar-refractivity contribution >= 4 is 46.0 Å². The summed E-state index contributed by atoms with van der Waals surface area (Å²) in [7, 11) is 0. The van der Waals surface area contributed by atoms with E-state index in [9.17, 15) is 18.4 Å². The van der Waals surface area contributed by atoms with Crippen LogP contribution in [0.2, 0.25) is 5.02 Å². The topological polar surface area (TPSA) is 92.7 Å². The molecule has 0 fully saturated rings. The SMILES string of the molecule is O=C(CSc1nc2[nH]ncc2c(=O)n1-c1ccc(Cl)cc1)Nc1ccc(F)c(F)c1. The van der Waals surface area contributed by atoms with Crippen molar-refractivity contribution in [3.63, 3.8) is 0 Å². The maximum Gasteiger partial charge on any atom is 0.269 e. The highest BCUT2D eigenvalue weighted by Gasteiger charge is 2.16. The molecule has 7 nitrogen and oxygen atoms in total. The normalized spacial score (nSPS) is 11.0. The molecule has 2 N–H and O–H groups in total. The number of anilines is 1. The van der Waals surface area contributed by atoms with Gasteiger partial charge in [0.2, 0.25) is 5.91 Å². The Bertz CT molecular complexity index is 1310. The van der Waals surface area contributed by atoms with Crippen LogP contribution in [0.5, 0.6) is 0 Å². The third-order valence-corrected chi connectivity index (χ3v) is 5.26. The third kappa shape index (κ3) is 4.05. The van der Waals surface area contributed by atoms with E-state index >= 15 is 0 Å².